The van der Waals surface area contributed by atoms with E-state index < -0.39 is 6.10 Å². The molecule has 0 aliphatic heterocycles. The van der Waals surface area contributed by atoms with Gasteiger partial charge in [0.2, 0.25) is 5.91 Å². The third-order valence-corrected chi connectivity index (χ3v) is 2.66. The third-order valence-electron chi connectivity index (χ3n) is 2.66. The molecule has 0 fully saturated rings. The van der Waals surface area contributed by atoms with Crippen molar-refractivity contribution in [2.45, 2.75) is 25.9 Å². The number of aliphatic hydroxyl groups excluding tert-OH is 1. The first-order valence-electron chi connectivity index (χ1n) is 5.95. The molecule has 96 valence electrons. The minimum absolute atomic E-state index is 0.116. The molecular weight excluding hydrogens is 232 g/mol. The van der Waals surface area contributed by atoms with E-state index in [4.69, 9.17) is 9.63 Å². The summed E-state index contributed by atoms with van der Waals surface area (Å²) in [5.41, 5.74) is 1.32. The van der Waals surface area contributed by atoms with Gasteiger partial charge in [0, 0.05) is 11.9 Å². The average molecular weight is 248 g/mol. The summed E-state index contributed by atoms with van der Waals surface area (Å²) in [6.45, 7) is 2.16. The Bertz CT molecular complexity index is 534. The highest BCUT2D eigenvalue weighted by Crippen LogP contribution is 2.17. The van der Waals surface area contributed by atoms with Crippen molar-refractivity contribution >= 4 is 16.9 Å². The summed E-state index contributed by atoms with van der Waals surface area (Å²) in [6.07, 6.45) is 0.334. The van der Waals surface area contributed by atoms with E-state index in [1.165, 1.54) is 0 Å². The monoisotopic (exact) mass is 248 g/mol. The Balaban J connectivity index is 1.95. The predicted octanol–water partition coefficient (Wildman–Crippen LogP) is 1.26. The normalized spacial score (nSPS) is 12.6. The Morgan fingerprint density at radius 3 is 3.06 bits per heavy atom. The van der Waals surface area contributed by atoms with E-state index in [9.17, 15) is 4.79 Å². The van der Waals surface area contributed by atoms with Gasteiger partial charge in [-0.15, -0.1) is 0 Å². The number of aromatic nitrogens is 1. The van der Waals surface area contributed by atoms with Crippen LogP contribution in [0.4, 0.5) is 0 Å². The molecule has 0 aliphatic carbocycles. The fourth-order valence-electron chi connectivity index (χ4n) is 1.70. The largest absolute Gasteiger partial charge is 0.393 e. The number of para-hydroxylation sites is 1. The van der Waals surface area contributed by atoms with Gasteiger partial charge in [-0.2, -0.15) is 0 Å². The molecule has 18 heavy (non-hydrogen) atoms. The number of hydrogen-bond acceptors (Lipinski definition) is 4. The summed E-state index contributed by atoms with van der Waals surface area (Å²) in [5.74, 6) is -0.116. The van der Waals surface area contributed by atoms with Gasteiger partial charge in [-0.05, 0) is 25.5 Å². The van der Waals surface area contributed by atoms with Gasteiger partial charge in [-0.25, -0.2) is 0 Å². The van der Waals surface area contributed by atoms with Crippen LogP contribution >= 0.6 is 0 Å². The molecule has 0 radical (unpaired) electrons. The quantitative estimate of drug-likeness (QED) is 0.835. The molecule has 2 aromatic rings. The number of carbonyl (C=O) groups excluding carboxylic acids is 1. The number of fused-ring (bicyclic) bond motifs is 1. The van der Waals surface area contributed by atoms with Crippen LogP contribution in [0.3, 0.4) is 0 Å². The fraction of sp³-hybridized carbons (Fsp3) is 0.385. The average Bonchev–Trinajstić information content (AvgIpc) is 2.72. The first-order chi connectivity index (χ1) is 8.66. The van der Waals surface area contributed by atoms with Crippen LogP contribution in [0.15, 0.2) is 28.8 Å². The topological polar surface area (TPSA) is 75.4 Å². The van der Waals surface area contributed by atoms with Crippen molar-refractivity contribution in [3.8, 4) is 0 Å². The zero-order valence-corrected chi connectivity index (χ0v) is 10.2. The number of rotatable bonds is 5. The van der Waals surface area contributed by atoms with Gasteiger partial charge < -0.3 is 14.9 Å². The first-order valence-corrected chi connectivity index (χ1v) is 5.95. The minimum atomic E-state index is -0.404. The minimum Gasteiger partial charge on any atom is -0.393 e. The summed E-state index contributed by atoms with van der Waals surface area (Å²) in [4.78, 5) is 11.7. The van der Waals surface area contributed by atoms with Crippen molar-refractivity contribution < 1.29 is 14.4 Å². The van der Waals surface area contributed by atoms with E-state index in [0.717, 1.165) is 5.39 Å². The van der Waals surface area contributed by atoms with Gasteiger partial charge >= 0.3 is 0 Å². The van der Waals surface area contributed by atoms with E-state index in [0.29, 0.717) is 24.2 Å². The Hall–Kier alpha value is -1.88. The van der Waals surface area contributed by atoms with Crippen LogP contribution in [0.2, 0.25) is 0 Å². The van der Waals surface area contributed by atoms with Gasteiger partial charge in [0.05, 0.1) is 12.5 Å². The Kier molecular flexibility index (Phi) is 3.94. The summed E-state index contributed by atoms with van der Waals surface area (Å²) >= 11 is 0. The number of amides is 1. The van der Waals surface area contributed by atoms with Crippen molar-refractivity contribution in [1.29, 1.82) is 0 Å². The lowest BCUT2D eigenvalue weighted by Crippen LogP contribution is -2.28. The van der Waals surface area contributed by atoms with Crippen molar-refractivity contribution in [2.75, 3.05) is 6.54 Å². The van der Waals surface area contributed by atoms with Crippen LogP contribution in [-0.2, 0) is 11.2 Å². The number of nitrogens with zero attached hydrogens (tertiary/aromatic N) is 1. The van der Waals surface area contributed by atoms with Crippen molar-refractivity contribution in [2.24, 2.45) is 0 Å². The molecule has 1 amide bonds. The second-order valence-corrected chi connectivity index (χ2v) is 4.29. The predicted molar refractivity (Wildman–Crippen MR) is 67.0 cm³/mol. The highest BCUT2D eigenvalue weighted by molar-refractivity contribution is 5.86. The van der Waals surface area contributed by atoms with Crippen LogP contribution in [0.25, 0.3) is 11.0 Å². The Labute approximate surface area is 105 Å². The summed E-state index contributed by atoms with van der Waals surface area (Å²) in [7, 11) is 0. The summed E-state index contributed by atoms with van der Waals surface area (Å²) in [6, 6.07) is 7.44. The molecule has 5 nitrogen and oxygen atoms in total. The van der Waals surface area contributed by atoms with Crippen LogP contribution in [0.1, 0.15) is 19.0 Å². The number of hydrogen-bond donors (Lipinski definition) is 2. The number of benzene rings is 1. The molecule has 0 spiro atoms. The van der Waals surface area contributed by atoms with E-state index in [-0.39, 0.29) is 12.3 Å². The maximum Gasteiger partial charge on any atom is 0.226 e. The van der Waals surface area contributed by atoms with Crippen molar-refractivity contribution in [3.05, 3.63) is 30.0 Å². The molecule has 0 saturated carbocycles. The fourth-order valence-corrected chi connectivity index (χ4v) is 1.70. The standard InChI is InChI=1S/C13H16N2O3/c1-9(16)6-7-14-13(17)8-11-10-4-2-3-5-12(10)18-15-11/h2-5,9,16H,6-8H2,1H3,(H,14,17). The highest BCUT2D eigenvalue weighted by atomic mass is 16.5. The molecule has 5 heteroatoms. The lowest BCUT2D eigenvalue weighted by atomic mass is 10.1. The molecule has 0 bridgehead atoms. The van der Waals surface area contributed by atoms with E-state index in [1.807, 2.05) is 24.3 Å². The molecule has 2 rings (SSSR count). The molecule has 2 N–H and O–H groups in total. The maximum atomic E-state index is 11.7. The lowest BCUT2D eigenvalue weighted by Gasteiger charge is -2.05. The van der Waals surface area contributed by atoms with Gasteiger partial charge in [0.15, 0.2) is 5.58 Å². The van der Waals surface area contributed by atoms with Crippen LogP contribution in [-0.4, -0.2) is 28.8 Å². The number of carbonyl (C=O) groups is 1. The first kappa shape index (κ1) is 12.6. The maximum absolute atomic E-state index is 11.7. The zero-order valence-electron chi connectivity index (χ0n) is 10.2. The Morgan fingerprint density at radius 2 is 2.28 bits per heavy atom. The SMILES string of the molecule is CC(O)CCNC(=O)Cc1noc2ccccc12. The van der Waals surface area contributed by atoms with Crippen molar-refractivity contribution in [1.82, 2.24) is 10.5 Å². The summed E-state index contributed by atoms with van der Waals surface area (Å²) in [5, 5.41) is 16.6. The molecule has 0 aliphatic rings. The summed E-state index contributed by atoms with van der Waals surface area (Å²) < 4.78 is 5.12. The Morgan fingerprint density at radius 1 is 1.50 bits per heavy atom. The molecular formula is C13H16N2O3. The zero-order chi connectivity index (χ0) is 13.0. The molecule has 1 aromatic carbocycles. The number of nitrogens with one attached hydrogen (secondary N) is 1. The van der Waals surface area contributed by atoms with E-state index in [2.05, 4.69) is 10.5 Å². The van der Waals surface area contributed by atoms with Crippen LogP contribution in [0.5, 0.6) is 0 Å². The van der Waals surface area contributed by atoms with Crippen LogP contribution in [0, 0.1) is 0 Å². The smallest absolute Gasteiger partial charge is 0.226 e. The van der Waals surface area contributed by atoms with E-state index >= 15 is 0 Å². The van der Waals surface area contributed by atoms with Gasteiger partial charge in [0.25, 0.3) is 0 Å². The van der Waals surface area contributed by atoms with Crippen molar-refractivity contribution in [3.63, 3.8) is 0 Å². The third kappa shape index (κ3) is 3.07. The van der Waals surface area contributed by atoms with Crippen LogP contribution < -0.4 is 5.32 Å². The highest BCUT2D eigenvalue weighted by Gasteiger charge is 2.11. The van der Waals surface area contributed by atoms with Gasteiger partial charge in [-0.1, -0.05) is 17.3 Å². The molecule has 1 unspecified atom stereocenters. The number of aliphatic hydroxyl groups is 1. The van der Waals surface area contributed by atoms with Gasteiger partial charge in [-0.3, -0.25) is 4.79 Å². The molecule has 0 saturated heterocycles. The second kappa shape index (κ2) is 5.64. The van der Waals surface area contributed by atoms with E-state index in [1.54, 1.807) is 6.92 Å². The molecule has 1 heterocycles. The lowest BCUT2D eigenvalue weighted by molar-refractivity contribution is -0.120. The van der Waals surface area contributed by atoms with Gasteiger partial charge in [0.1, 0.15) is 5.69 Å². The molecule has 1 atom stereocenters. The molecule has 1 aromatic heterocycles. The second-order valence-electron chi connectivity index (χ2n) is 4.29.